The van der Waals surface area contributed by atoms with Crippen molar-refractivity contribution in [3.05, 3.63) is 0 Å². The molecular formula is C8H16N2O2S3. The molecule has 0 aliphatic carbocycles. The molecule has 1 aliphatic rings. The SMILES string of the molecule is CC1CSCCN1S(=O)(=O)C(C)C(N)=S. The van der Waals surface area contributed by atoms with Crippen LogP contribution in [0.5, 0.6) is 0 Å². The molecule has 0 aromatic carbocycles. The summed E-state index contributed by atoms with van der Waals surface area (Å²) in [6, 6.07) is 0.0329. The van der Waals surface area contributed by atoms with Crippen LogP contribution in [-0.2, 0) is 10.0 Å². The van der Waals surface area contributed by atoms with Gasteiger partial charge in [0.25, 0.3) is 0 Å². The van der Waals surface area contributed by atoms with Gasteiger partial charge in [-0.15, -0.1) is 0 Å². The Hall–Kier alpha value is 0.150. The van der Waals surface area contributed by atoms with Gasteiger partial charge < -0.3 is 5.73 Å². The first-order chi connectivity index (χ1) is 6.87. The first-order valence-corrected chi connectivity index (χ1v) is 7.81. The van der Waals surface area contributed by atoms with Crippen LogP contribution in [0, 0.1) is 0 Å². The van der Waals surface area contributed by atoms with Crippen LogP contribution in [-0.4, -0.2) is 47.1 Å². The average Bonchev–Trinajstić information content (AvgIpc) is 2.16. The number of thiocarbonyl (C=S) groups is 1. The van der Waals surface area contributed by atoms with Crippen LogP contribution in [0.4, 0.5) is 0 Å². The standard InChI is InChI=1S/C8H16N2O2S3/c1-6-5-14-4-3-10(6)15(11,12)7(2)8(9)13/h6-7H,3-5H2,1-2H3,(H2,9,13). The fourth-order valence-electron chi connectivity index (χ4n) is 1.44. The number of nitrogens with zero attached hydrogens (tertiary/aromatic N) is 1. The third-order valence-electron chi connectivity index (χ3n) is 2.48. The fourth-order valence-corrected chi connectivity index (χ4v) is 4.65. The average molecular weight is 268 g/mol. The van der Waals surface area contributed by atoms with E-state index in [1.54, 1.807) is 18.7 Å². The molecule has 1 fully saturated rings. The van der Waals surface area contributed by atoms with Gasteiger partial charge in [0, 0.05) is 24.1 Å². The Bertz CT molecular complexity index is 342. The third kappa shape index (κ3) is 2.83. The van der Waals surface area contributed by atoms with Crippen molar-refractivity contribution in [3.8, 4) is 0 Å². The van der Waals surface area contributed by atoms with E-state index in [0.717, 1.165) is 11.5 Å². The topological polar surface area (TPSA) is 63.4 Å². The molecule has 1 rings (SSSR count). The van der Waals surface area contributed by atoms with Gasteiger partial charge in [0.1, 0.15) is 5.25 Å². The van der Waals surface area contributed by atoms with Crippen LogP contribution in [0.25, 0.3) is 0 Å². The Kier molecular flexibility index (Phi) is 4.39. The van der Waals surface area contributed by atoms with E-state index in [1.165, 1.54) is 4.31 Å². The zero-order valence-electron chi connectivity index (χ0n) is 8.84. The van der Waals surface area contributed by atoms with Gasteiger partial charge in [-0.2, -0.15) is 16.1 Å². The summed E-state index contributed by atoms with van der Waals surface area (Å²) in [5.74, 6) is 1.68. The maximum absolute atomic E-state index is 12.1. The second-order valence-electron chi connectivity index (χ2n) is 3.62. The molecule has 4 nitrogen and oxygen atoms in total. The van der Waals surface area contributed by atoms with Crippen molar-refractivity contribution in [2.75, 3.05) is 18.1 Å². The van der Waals surface area contributed by atoms with Crippen molar-refractivity contribution < 1.29 is 8.42 Å². The predicted molar refractivity (Wildman–Crippen MR) is 68.7 cm³/mol. The second kappa shape index (κ2) is 4.99. The molecule has 0 aromatic heterocycles. The van der Waals surface area contributed by atoms with E-state index >= 15 is 0 Å². The maximum Gasteiger partial charge on any atom is 0.223 e. The highest BCUT2D eigenvalue weighted by atomic mass is 32.2. The minimum Gasteiger partial charge on any atom is -0.392 e. The molecule has 88 valence electrons. The molecule has 1 saturated heterocycles. The highest BCUT2D eigenvalue weighted by Gasteiger charge is 2.35. The summed E-state index contributed by atoms with van der Waals surface area (Å²) >= 11 is 6.51. The normalized spacial score (nSPS) is 26.1. The Balaban J connectivity index is 2.89. The molecule has 2 N–H and O–H groups in total. The van der Waals surface area contributed by atoms with Crippen LogP contribution < -0.4 is 5.73 Å². The molecule has 1 heterocycles. The van der Waals surface area contributed by atoms with E-state index in [2.05, 4.69) is 0 Å². The Labute approximate surface area is 101 Å². The van der Waals surface area contributed by atoms with Gasteiger partial charge in [0.2, 0.25) is 10.0 Å². The zero-order valence-corrected chi connectivity index (χ0v) is 11.3. The molecule has 0 radical (unpaired) electrons. The highest BCUT2D eigenvalue weighted by molar-refractivity contribution is 7.99. The molecule has 2 unspecified atom stereocenters. The summed E-state index contributed by atoms with van der Waals surface area (Å²) in [6.45, 7) is 4.02. The smallest absolute Gasteiger partial charge is 0.223 e. The Morgan fingerprint density at radius 3 is 2.73 bits per heavy atom. The van der Waals surface area contributed by atoms with Gasteiger partial charge in [-0.05, 0) is 13.8 Å². The summed E-state index contributed by atoms with van der Waals surface area (Å²) < 4.78 is 25.7. The van der Waals surface area contributed by atoms with Crippen LogP contribution in [0.2, 0.25) is 0 Å². The lowest BCUT2D eigenvalue weighted by atomic mass is 10.4. The van der Waals surface area contributed by atoms with Gasteiger partial charge in [0.15, 0.2) is 0 Å². The van der Waals surface area contributed by atoms with Gasteiger partial charge in [0.05, 0.1) is 4.99 Å². The van der Waals surface area contributed by atoms with Crippen LogP contribution in [0.3, 0.4) is 0 Å². The number of sulfonamides is 1. The molecule has 0 amide bonds. The Morgan fingerprint density at radius 1 is 1.67 bits per heavy atom. The van der Waals surface area contributed by atoms with E-state index in [1.807, 2.05) is 6.92 Å². The van der Waals surface area contributed by atoms with Gasteiger partial charge >= 0.3 is 0 Å². The lowest BCUT2D eigenvalue weighted by Gasteiger charge is -2.33. The fraction of sp³-hybridized carbons (Fsp3) is 0.875. The lowest BCUT2D eigenvalue weighted by molar-refractivity contribution is 0.366. The van der Waals surface area contributed by atoms with E-state index in [0.29, 0.717) is 6.54 Å². The molecule has 2 atom stereocenters. The summed E-state index contributed by atoms with van der Waals surface area (Å²) in [6.07, 6.45) is 0. The van der Waals surface area contributed by atoms with Gasteiger partial charge in [-0.3, -0.25) is 0 Å². The highest BCUT2D eigenvalue weighted by Crippen LogP contribution is 2.21. The molecule has 0 saturated carbocycles. The lowest BCUT2D eigenvalue weighted by Crippen LogP contribution is -2.50. The predicted octanol–water partition coefficient (Wildman–Crippen LogP) is 0.428. The van der Waals surface area contributed by atoms with Crippen molar-refractivity contribution in [3.63, 3.8) is 0 Å². The van der Waals surface area contributed by atoms with E-state index in [4.69, 9.17) is 18.0 Å². The second-order valence-corrected chi connectivity index (χ2v) is 7.45. The number of thioether (sulfide) groups is 1. The van der Waals surface area contributed by atoms with Crippen LogP contribution >= 0.6 is 24.0 Å². The van der Waals surface area contributed by atoms with Crippen molar-refractivity contribution >= 4 is 39.0 Å². The van der Waals surface area contributed by atoms with Crippen molar-refractivity contribution in [1.29, 1.82) is 0 Å². The van der Waals surface area contributed by atoms with Gasteiger partial charge in [-0.25, -0.2) is 8.42 Å². The summed E-state index contributed by atoms with van der Waals surface area (Å²) in [5, 5.41) is -0.766. The number of rotatable bonds is 3. The minimum atomic E-state index is -3.36. The molecule has 7 heteroatoms. The quantitative estimate of drug-likeness (QED) is 0.752. The zero-order chi connectivity index (χ0) is 11.6. The molecule has 0 aromatic rings. The number of hydrogen-bond donors (Lipinski definition) is 1. The molecule has 0 bridgehead atoms. The summed E-state index contributed by atoms with van der Waals surface area (Å²) in [4.78, 5) is 0.0421. The van der Waals surface area contributed by atoms with E-state index in [9.17, 15) is 8.42 Å². The summed E-state index contributed by atoms with van der Waals surface area (Å²) in [7, 11) is -3.36. The van der Waals surface area contributed by atoms with E-state index < -0.39 is 15.3 Å². The molecule has 1 aliphatic heterocycles. The monoisotopic (exact) mass is 268 g/mol. The molecular weight excluding hydrogens is 252 g/mol. The maximum atomic E-state index is 12.1. The molecule has 15 heavy (non-hydrogen) atoms. The molecule has 0 spiro atoms. The minimum absolute atomic E-state index is 0.0329. The summed E-state index contributed by atoms with van der Waals surface area (Å²) in [5.41, 5.74) is 5.39. The first-order valence-electron chi connectivity index (χ1n) is 4.75. The van der Waals surface area contributed by atoms with Crippen molar-refractivity contribution in [1.82, 2.24) is 4.31 Å². The van der Waals surface area contributed by atoms with Crippen molar-refractivity contribution in [2.24, 2.45) is 5.73 Å². The van der Waals surface area contributed by atoms with Crippen molar-refractivity contribution in [2.45, 2.75) is 25.1 Å². The largest absolute Gasteiger partial charge is 0.392 e. The van der Waals surface area contributed by atoms with Crippen LogP contribution in [0.1, 0.15) is 13.8 Å². The van der Waals surface area contributed by atoms with E-state index in [-0.39, 0.29) is 11.0 Å². The van der Waals surface area contributed by atoms with Crippen LogP contribution in [0.15, 0.2) is 0 Å². The number of nitrogens with two attached hydrogens (primary N) is 1. The first kappa shape index (κ1) is 13.2. The number of hydrogen-bond acceptors (Lipinski definition) is 4. The third-order valence-corrected chi connectivity index (χ3v) is 6.52. The Morgan fingerprint density at radius 2 is 2.27 bits per heavy atom. The van der Waals surface area contributed by atoms with Gasteiger partial charge in [-0.1, -0.05) is 12.2 Å².